The fraction of sp³-hybridized carbons (Fsp3) is 0.105. The molecule has 0 atom stereocenters. The van der Waals surface area contributed by atoms with E-state index in [0.717, 1.165) is 28.2 Å². The highest BCUT2D eigenvalue weighted by Gasteiger charge is 2.04. The lowest BCUT2D eigenvalue weighted by molar-refractivity contribution is 1.05. The predicted molar refractivity (Wildman–Crippen MR) is 98.9 cm³/mol. The van der Waals surface area contributed by atoms with Gasteiger partial charge < -0.3 is 5.73 Å². The van der Waals surface area contributed by atoms with Crippen LogP contribution in [0.3, 0.4) is 0 Å². The Balaban J connectivity index is 1.84. The Bertz CT molecular complexity index is 855. The SMILES string of the molecule is C/C(=N\Nc1cc(-c2ccccc2)nc(C)n1)c1ccc(N)cc1. The molecule has 0 spiro atoms. The van der Waals surface area contributed by atoms with Crippen molar-refractivity contribution in [3.05, 3.63) is 72.1 Å². The molecule has 120 valence electrons. The molecule has 0 saturated heterocycles. The molecule has 0 bridgehead atoms. The average Bonchev–Trinajstić information content (AvgIpc) is 2.60. The molecule has 2 aromatic carbocycles. The number of benzene rings is 2. The summed E-state index contributed by atoms with van der Waals surface area (Å²) in [4.78, 5) is 8.88. The molecule has 0 radical (unpaired) electrons. The lowest BCUT2D eigenvalue weighted by Crippen LogP contribution is -2.03. The molecule has 3 rings (SSSR count). The van der Waals surface area contributed by atoms with E-state index in [4.69, 9.17) is 5.73 Å². The van der Waals surface area contributed by atoms with Gasteiger partial charge in [-0.25, -0.2) is 9.97 Å². The molecule has 0 saturated carbocycles. The highest BCUT2D eigenvalue weighted by Crippen LogP contribution is 2.19. The van der Waals surface area contributed by atoms with E-state index >= 15 is 0 Å². The van der Waals surface area contributed by atoms with Gasteiger partial charge in [0.15, 0.2) is 0 Å². The summed E-state index contributed by atoms with van der Waals surface area (Å²) in [5.41, 5.74) is 13.2. The van der Waals surface area contributed by atoms with E-state index in [-0.39, 0.29) is 0 Å². The predicted octanol–water partition coefficient (Wildman–Crippen LogP) is 3.87. The number of hydrogen-bond acceptors (Lipinski definition) is 5. The molecular weight excluding hydrogens is 298 g/mol. The van der Waals surface area contributed by atoms with E-state index in [1.54, 1.807) is 0 Å². The van der Waals surface area contributed by atoms with Crippen LogP contribution < -0.4 is 11.2 Å². The first kappa shape index (κ1) is 15.7. The summed E-state index contributed by atoms with van der Waals surface area (Å²) < 4.78 is 0. The highest BCUT2D eigenvalue weighted by atomic mass is 15.3. The maximum absolute atomic E-state index is 5.71. The van der Waals surface area contributed by atoms with Gasteiger partial charge in [0.25, 0.3) is 0 Å². The average molecular weight is 317 g/mol. The number of aryl methyl sites for hydroxylation is 1. The van der Waals surface area contributed by atoms with Crippen LogP contribution in [0.25, 0.3) is 11.3 Å². The van der Waals surface area contributed by atoms with E-state index in [1.165, 1.54) is 0 Å². The lowest BCUT2D eigenvalue weighted by Gasteiger charge is -2.07. The van der Waals surface area contributed by atoms with Crippen molar-refractivity contribution in [2.75, 3.05) is 11.2 Å². The second-order valence-electron chi connectivity index (χ2n) is 5.48. The Morgan fingerprint density at radius 3 is 2.42 bits per heavy atom. The summed E-state index contributed by atoms with van der Waals surface area (Å²) in [6.45, 7) is 3.80. The molecule has 3 N–H and O–H groups in total. The third kappa shape index (κ3) is 3.76. The molecule has 5 nitrogen and oxygen atoms in total. The highest BCUT2D eigenvalue weighted by molar-refractivity contribution is 5.99. The van der Waals surface area contributed by atoms with Gasteiger partial charge in [0.05, 0.1) is 11.4 Å². The van der Waals surface area contributed by atoms with Crippen LogP contribution in [0.15, 0.2) is 65.8 Å². The summed E-state index contributed by atoms with van der Waals surface area (Å²) in [5, 5.41) is 4.41. The fourth-order valence-electron chi connectivity index (χ4n) is 2.31. The maximum Gasteiger partial charge on any atom is 0.150 e. The smallest absolute Gasteiger partial charge is 0.150 e. The molecule has 24 heavy (non-hydrogen) atoms. The second-order valence-corrected chi connectivity index (χ2v) is 5.48. The van der Waals surface area contributed by atoms with Gasteiger partial charge in [-0.3, -0.25) is 5.43 Å². The molecule has 0 amide bonds. The topological polar surface area (TPSA) is 76.2 Å². The molecule has 1 heterocycles. The summed E-state index contributed by atoms with van der Waals surface area (Å²) in [6.07, 6.45) is 0. The van der Waals surface area contributed by atoms with E-state index in [0.29, 0.717) is 11.6 Å². The largest absolute Gasteiger partial charge is 0.399 e. The molecular formula is C19H19N5. The number of nitrogens with zero attached hydrogens (tertiary/aromatic N) is 3. The van der Waals surface area contributed by atoms with Crippen molar-refractivity contribution >= 4 is 17.2 Å². The van der Waals surface area contributed by atoms with Crippen LogP contribution in [0.5, 0.6) is 0 Å². The molecule has 0 aliphatic rings. The molecule has 1 aromatic heterocycles. The van der Waals surface area contributed by atoms with Gasteiger partial charge >= 0.3 is 0 Å². The number of hydrogen-bond donors (Lipinski definition) is 2. The molecule has 5 heteroatoms. The number of hydrazone groups is 1. The first-order chi connectivity index (χ1) is 11.6. The van der Waals surface area contributed by atoms with Crippen LogP contribution in [-0.2, 0) is 0 Å². The van der Waals surface area contributed by atoms with Gasteiger partial charge in [0, 0.05) is 17.3 Å². The molecule has 0 fully saturated rings. The number of anilines is 2. The van der Waals surface area contributed by atoms with Crippen molar-refractivity contribution in [2.45, 2.75) is 13.8 Å². The first-order valence-electron chi connectivity index (χ1n) is 7.69. The number of nitrogens with two attached hydrogens (primary N) is 1. The van der Waals surface area contributed by atoms with E-state index in [1.807, 2.05) is 74.5 Å². The minimum Gasteiger partial charge on any atom is -0.399 e. The summed E-state index contributed by atoms with van der Waals surface area (Å²) in [6, 6.07) is 19.5. The fourth-order valence-corrected chi connectivity index (χ4v) is 2.31. The second kappa shape index (κ2) is 6.91. The van der Waals surface area contributed by atoms with Crippen molar-refractivity contribution in [2.24, 2.45) is 5.10 Å². The zero-order valence-corrected chi connectivity index (χ0v) is 13.7. The Labute approximate surface area is 141 Å². The van der Waals surface area contributed by atoms with Crippen LogP contribution >= 0.6 is 0 Å². The molecule has 3 aromatic rings. The third-order valence-electron chi connectivity index (χ3n) is 3.57. The molecule has 0 unspecified atom stereocenters. The number of nitrogens with one attached hydrogen (secondary N) is 1. The van der Waals surface area contributed by atoms with Gasteiger partial charge in [-0.15, -0.1) is 0 Å². The Kier molecular flexibility index (Phi) is 4.52. The molecule has 0 aliphatic carbocycles. The van der Waals surface area contributed by atoms with Gasteiger partial charge in [-0.05, 0) is 31.5 Å². The van der Waals surface area contributed by atoms with Gasteiger partial charge in [0.1, 0.15) is 11.6 Å². The van der Waals surface area contributed by atoms with Gasteiger partial charge in [-0.1, -0.05) is 42.5 Å². The van der Waals surface area contributed by atoms with Crippen molar-refractivity contribution in [3.63, 3.8) is 0 Å². The summed E-state index contributed by atoms with van der Waals surface area (Å²) in [7, 11) is 0. The van der Waals surface area contributed by atoms with Gasteiger partial charge in [-0.2, -0.15) is 5.10 Å². The van der Waals surface area contributed by atoms with Crippen molar-refractivity contribution in [3.8, 4) is 11.3 Å². The zero-order chi connectivity index (χ0) is 16.9. The maximum atomic E-state index is 5.71. The van der Waals surface area contributed by atoms with Crippen LogP contribution in [0.1, 0.15) is 18.3 Å². The molecule has 0 aliphatic heterocycles. The zero-order valence-electron chi connectivity index (χ0n) is 13.7. The Morgan fingerprint density at radius 2 is 1.71 bits per heavy atom. The summed E-state index contributed by atoms with van der Waals surface area (Å²) >= 11 is 0. The van der Waals surface area contributed by atoms with Crippen LogP contribution in [0.4, 0.5) is 11.5 Å². The van der Waals surface area contributed by atoms with Crippen molar-refractivity contribution in [1.29, 1.82) is 0 Å². The van der Waals surface area contributed by atoms with Crippen LogP contribution in [0, 0.1) is 6.92 Å². The van der Waals surface area contributed by atoms with Crippen molar-refractivity contribution in [1.82, 2.24) is 9.97 Å². The third-order valence-corrected chi connectivity index (χ3v) is 3.57. The Morgan fingerprint density at radius 1 is 1.00 bits per heavy atom. The van der Waals surface area contributed by atoms with Crippen LogP contribution in [0.2, 0.25) is 0 Å². The quantitative estimate of drug-likeness (QED) is 0.435. The van der Waals surface area contributed by atoms with E-state index < -0.39 is 0 Å². The van der Waals surface area contributed by atoms with Crippen LogP contribution in [-0.4, -0.2) is 15.7 Å². The first-order valence-corrected chi connectivity index (χ1v) is 7.69. The van der Waals surface area contributed by atoms with E-state index in [9.17, 15) is 0 Å². The van der Waals surface area contributed by atoms with E-state index in [2.05, 4.69) is 20.5 Å². The summed E-state index contributed by atoms with van der Waals surface area (Å²) in [5.74, 6) is 1.36. The lowest BCUT2D eigenvalue weighted by atomic mass is 10.1. The minimum atomic E-state index is 0.663. The van der Waals surface area contributed by atoms with Crippen molar-refractivity contribution < 1.29 is 0 Å². The monoisotopic (exact) mass is 317 g/mol. The normalized spacial score (nSPS) is 11.3. The standard InChI is InChI=1S/C19H19N5/c1-13(15-8-10-17(20)11-9-15)23-24-19-12-18(21-14(2)22-19)16-6-4-3-5-7-16/h3-12H,20H2,1-2H3,(H,21,22,24)/b23-13+. The number of nitrogen functional groups attached to an aromatic ring is 1. The Hall–Kier alpha value is -3.21. The number of rotatable bonds is 4. The minimum absolute atomic E-state index is 0.663. The van der Waals surface area contributed by atoms with Gasteiger partial charge in [0.2, 0.25) is 0 Å². The number of aromatic nitrogens is 2.